The van der Waals surface area contributed by atoms with Crippen LogP contribution in [0.25, 0.3) is 0 Å². The summed E-state index contributed by atoms with van der Waals surface area (Å²) in [7, 11) is -3.85. The van der Waals surface area contributed by atoms with Crippen LogP contribution >= 0.6 is 0 Å². The van der Waals surface area contributed by atoms with Gasteiger partial charge < -0.3 is 10.1 Å². The van der Waals surface area contributed by atoms with Crippen LogP contribution < -0.4 is 10.1 Å². The molecular weight excluding hydrogens is 435 g/mol. The molecule has 1 saturated carbocycles. The van der Waals surface area contributed by atoms with Crippen molar-refractivity contribution in [3.05, 3.63) is 24.3 Å². The Morgan fingerprint density at radius 3 is 2.19 bits per heavy atom. The van der Waals surface area contributed by atoms with Gasteiger partial charge in [-0.15, -0.1) is 13.2 Å². The van der Waals surface area contributed by atoms with Crippen molar-refractivity contribution in [3.8, 4) is 5.75 Å². The molecule has 11 heteroatoms. The Kier molecular flexibility index (Phi) is 7.48. The summed E-state index contributed by atoms with van der Waals surface area (Å²) >= 11 is 0. The molecule has 1 atom stereocenters. The maximum absolute atomic E-state index is 12.8. The van der Waals surface area contributed by atoms with Gasteiger partial charge in [-0.2, -0.15) is 4.31 Å². The van der Waals surface area contributed by atoms with E-state index in [1.807, 2.05) is 11.8 Å². The first-order chi connectivity index (χ1) is 14.6. The van der Waals surface area contributed by atoms with Crippen molar-refractivity contribution in [2.45, 2.75) is 62.4 Å². The lowest BCUT2D eigenvalue weighted by Crippen LogP contribution is -2.55. The Morgan fingerprint density at radius 2 is 1.65 bits per heavy atom. The summed E-state index contributed by atoms with van der Waals surface area (Å²) in [5.74, 6) is -0.516. The highest BCUT2D eigenvalue weighted by atomic mass is 32.2. The number of sulfonamides is 1. The molecule has 1 N–H and O–H groups in total. The smallest absolute Gasteiger partial charge is 0.406 e. The number of ether oxygens (including phenoxy) is 1. The van der Waals surface area contributed by atoms with Crippen LogP contribution in [-0.2, 0) is 14.8 Å². The summed E-state index contributed by atoms with van der Waals surface area (Å²) in [6.07, 6.45) is 0.611. The van der Waals surface area contributed by atoms with Crippen molar-refractivity contribution in [2.24, 2.45) is 0 Å². The molecule has 0 aromatic heterocycles. The summed E-state index contributed by atoms with van der Waals surface area (Å²) < 4.78 is 67.5. The molecule has 1 aliphatic carbocycles. The fourth-order valence-corrected chi connectivity index (χ4v) is 5.45. The highest BCUT2D eigenvalue weighted by molar-refractivity contribution is 7.89. The van der Waals surface area contributed by atoms with E-state index in [-0.39, 0.29) is 36.0 Å². The second kappa shape index (κ2) is 9.74. The van der Waals surface area contributed by atoms with Crippen LogP contribution in [0.2, 0.25) is 0 Å². The molecule has 31 heavy (non-hydrogen) atoms. The molecule has 0 radical (unpaired) electrons. The third-order valence-corrected chi connectivity index (χ3v) is 7.76. The molecule has 1 amide bonds. The molecule has 0 bridgehead atoms. The first kappa shape index (κ1) is 23.8. The van der Waals surface area contributed by atoms with Crippen molar-refractivity contribution in [2.75, 3.05) is 26.2 Å². The van der Waals surface area contributed by atoms with Crippen LogP contribution in [0.15, 0.2) is 29.2 Å². The van der Waals surface area contributed by atoms with E-state index in [9.17, 15) is 26.4 Å². The molecule has 2 aliphatic rings. The van der Waals surface area contributed by atoms with Crippen molar-refractivity contribution in [3.63, 3.8) is 0 Å². The topological polar surface area (TPSA) is 79.0 Å². The molecule has 2 fully saturated rings. The van der Waals surface area contributed by atoms with Crippen LogP contribution in [0.5, 0.6) is 5.75 Å². The number of carbonyl (C=O) groups is 1. The number of rotatable bonds is 6. The molecule has 3 rings (SSSR count). The summed E-state index contributed by atoms with van der Waals surface area (Å²) in [4.78, 5) is 14.4. The number of amides is 1. The van der Waals surface area contributed by atoms with Crippen LogP contribution in [0.3, 0.4) is 0 Å². The molecule has 1 aliphatic heterocycles. The minimum atomic E-state index is -4.84. The fraction of sp³-hybridized carbons (Fsp3) is 0.650. The fourth-order valence-electron chi connectivity index (χ4n) is 4.03. The minimum absolute atomic E-state index is 0.0385. The average Bonchev–Trinajstić information content (AvgIpc) is 2.73. The van der Waals surface area contributed by atoms with E-state index in [0.29, 0.717) is 13.1 Å². The highest BCUT2D eigenvalue weighted by Gasteiger charge is 2.33. The number of hydrogen-bond donors (Lipinski definition) is 1. The van der Waals surface area contributed by atoms with Gasteiger partial charge in [0, 0.05) is 32.2 Å². The molecule has 174 valence electrons. The molecule has 1 aromatic carbocycles. The van der Waals surface area contributed by atoms with Gasteiger partial charge in [-0.3, -0.25) is 9.69 Å². The third-order valence-electron chi connectivity index (χ3n) is 5.85. The largest absolute Gasteiger partial charge is 0.573 e. The molecular formula is C20H28F3N3O4S. The predicted molar refractivity (Wildman–Crippen MR) is 108 cm³/mol. The summed E-state index contributed by atoms with van der Waals surface area (Å²) in [5, 5.41) is 3.10. The number of halogens is 3. The number of carbonyl (C=O) groups excluding carboxylic acids is 1. The SMILES string of the molecule is CC(C(=O)NC1CCCCC1)N1CCN(S(=O)(=O)c2ccc(OC(F)(F)F)cc2)CC1. The van der Waals surface area contributed by atoms with Gasteiger partial charge in [0.1, 0.15) is 5.75 Å². The first-order valence-corrected chi connectivity index (χ1v) is 11.9. The second-order valence-electron chi connectivity index (χ2n) is 7.98. The van der Waals surface area contributed by atoms with Crippen LogP contribution in [0, 0.1) is 0 Å². The third kappa shape index (κ3) is 6.33. The predicted octanol–water partition coefficient (Wildman–Crippen LogP) is 2.73. The number of benzene rings is 1. The quantitative estimate of drug-likeness (QED) is 0.702. The Labute approximate surface area is 180 Å². The number of nitrogens with one attached hydrogen (secondary N) is 1. The zero-order valence-electron chi connectivity index (χ0n) is 17.4. The number of hydrogen-bond acceptors (Lipinski definition) is 5. The van der Waals surface area contributed by atoms with Crippen molar-refractivity contribution in [1.29, 1.82) is 0 Å². The van der Waals surface area contributed by atoms with E-state index < -0.39 is 22.1 Å². The van der Waals surface area contributed by atoms with Crippen molar-refractivity contribution < 1.29 is 31.1 Å². The summed E-state index contributed by atoms with van der Waals surface area (Å²) in [5.41, 5.74) is 0. The molecule has 1 unspecified atom stereocenters. The van der Waals surface area contributed by atoms with Gasteiger partial charge in [0.05, 0.1) is 10.9 Å². The molecule has 0 spiro atoms. The van der Waals surface area contributed by atoms with E-state index in [1.165, 1.54) is 10.7 Å². The monoisotopic (exact) mass is 463 g/mol. The second-order valence-corrected chi connectivity index (χ2v) is 9.92. The number of piperazine rings is 1. The minimum Gasteiger partial charge on any atom is -0.406 e. The van der Waals surface area contributed by atoms with Gasteiger partial charge in [0.2, 0.25) is 15.9 Å². The number of nitrogens with zero attached hydrogens (tertiary/aromatic N) is 2. The molecule has 7 nitrogen and oxygen atoms in total. The van der Waals surface area contributed by atoms with Gasteiger partial charge in [-0.1, -0.05) is 19.3 Å². The zero-order chi connectivity index (χ0) is 22.6. The summed E-state index contributed by atoms with van der Waals surface area (Å²) in [6, 6.07) is 4.02. The number of alkyl halides is 3. The zero-order valence-corrected chi connectivity index (χ0v) is 18.2. The van der Waals surface area contributed by atoms with E-state index in [0.717, 1.165) is 49.9 Å². The van der Waals surface area contributed by atoms with Crippen molar-refractivity contribution >= 4 is 15.9 Å². The molecule has 1 aromatic rings. The van der Waals surface area contributed by atoms with Gasteiger partial charge in [0.15, 0.2) is 0 Å². The first-order valence-electron chi connectivity index (χ1n) is 10.5. The van der Waals surface area contributed by atoms with Gasteiger partial charge >= 0.3 is 6.36 Å². The van der Waals surface area contributed by atoms with Crippen LogP contribution in [-0.4, -0.2) is 68.2 Å². The maximum atomic E-state index is 12.8. The lowest BCUT2D eigenvalue weighted by molar-refractivity contribution is -0.274. The lowest BCUT2D eigenvalue weighted by Gasteiger charge is -2.37. The van der Waals surface area contributed by atoms with E-state index >= 15 is 0 Å². The van der Waals surface area contributed by atoms with E-state index in [4.69, 9.17) is 0 Å². The molecule has 1 saturated heterocycles. The Morgan fingerprint density at radius 1 is 1.06 bits per heavy atom. The van der Waals surface area contributed by atoms with E-state index in [1.54, 1.807) is 0 Å². The maximum Gasteiger partial charge on any atom is 0.573 e. The van der Waals surface area contributed by atoms with Gasteiger partial charge in [-0.25, -0.2) is 8.42 Å². The standard InChI is InChI=1S/C20H28F3N3O4S/c1-15(19(27)24-16-5-3-2-4-6-16)25-11-13-26(14-12-25)31(28,29)18-9-7-17(8-10-18)30-20(21,22)23/h7-10,15-16H,2-6,11-14H2,1H3,(H,24,27). The Hall–Kier alpha value is -1.85. The van der Waals surface area contributed by atoms with Gasteiger partial charge in [0.25, 0.3) is 0 Å². The normalized spacial score (nSPS) is 20.9. The highest BCUT2D eigenvalue weighted by Crippen LogP contribution is 2.26. The van der Waals surface area contributed by atoms with Gasteiger partial charge in [-0.05, 0) is 44.0 Å². The van der Waals surface area contributed by atoms with Crippen LogP contribution in [0.1, 0.15) is 39.0 Å². The Balaban J connectivity index is 1.54. The Bertz CT molecular complexity index is 847. The van der Waals surface area contributed by atoms with Crippen LogP contribution in [0.4, 0.5) is 13.2 Å². The molecule has 1 heterocycles. The van der Waals surface area contributed by atoms with E-state index in [2.05, 4.69) is 10.1 Å². The van der Waals surface area contributed by atoms with Crippen molar-refractivity contribution in [1.82, 2.24) is 14.5 Å². The average molecular weight is 464 g/mol. The lowest BCUT2D eigenvalue weighted by atomic mass is 9.95. The summed E-state index contributed by atoms with van der Waals surface area (Å²) in [6.45, 7) is 3.01.